The van der Waals surface area contributed by atoms with E-state index < -0.39 is 97.5 Å². The van der Waals surface area contributed by atoms with Crippen molar-refractivity contribution in [3.8, 4) is 0 Å². The van der Waals surface area contributed by atoms with Crippen LogP contribution in [0.5, 0.6) is 0 Å². The normalized spacial score (nSPS) is 14.3. The lowest BCUT2D eigenvalue weighted by Crippen LogP contribution is -2.30. The molecule has 2 unspecified atom stereocenters. The Kier molecular flexibility index (Phi) is 72.7. The highest BCUT2D eigenvalue weighted by atomic mass is 31.2. The Hall–Kier alpha value is -3.76. The zero-order chi connectivity index (χ0) is 74.6. The van der Waals surface area contributed by atoms with E-state index in [1.807, 2.05) is 0 Å². The first-order chi connectivity index (χ1) is 49.7. The molecule has 0 saturated carbocycles. The highest BCUT2D eigenvalue weighted by Gasteiger charge is 2.30. The maximum atomic E-state index is 13.1. The Bertz CT molecular complexity index is 2260. The summed E-state index contributed by atoms with van der Waals surface area (Å²) in [7, 11) is -9.96. The molecule has 0 radical (unpaired) electrons. The molecule has 0 aromatic heterocycles. The first-order valence-electron chi connectivity index (χ1n) is 40.8. The number of aliphatic hydroxyl groups is 1. The first kappa shape index (κ1) is 98.2. The number of unbranched alkanes of at least 4 members (excludes halogenated alkanes) is 37. The van der Waals surface area contributed by atoms with Gasteiger partial charge in [0.05, 0.1) is 26.4 Å². The molecule has 0 heterocycles. The summed E-state index contributed by atoms with van der Waals surface area (Å²) in [5.74, 6) is -2.20. The molecule has 0 aromatic carbocycles. The van der Waals surface area contributed by atoms with Crippen molar-refractivity contribution in [2.75, 3.05) is 39.6 Å². The van der Waals surface area contributed by atoms with Crippen LogP contribution in [0.3, 0.4) is 0 Å². The third-order valence-electron chi connectivity index (χ3n) is 17.3. The van der Waals surface area contributed by atoms with Gasteiger partial charge in [-0.05, 0) is 122 Å². The van der Waals surface area contributed by atoms with Gasteiger partial charge in [0, 0.05) is 25.7 Å². The molecule has 0 aromatic rings. The van der Waals surface area contributed by atoms with Gasteiger partial charge in [0.2, 0.25) is 0 Å². The number of esters is 4. The van der Waals surface area contributed by atoms with Crippen LogP contribution in [0.1, 0.15) is 362 Å². The molecular formula is C83H148O17P2. The maximum absolute atomic E-state index is 13.1. The number of hydrogen-bond donors (Lipinski definition) is 3. The fraction of sp³-hybridized carbons (Fsp3) is 0.783. The van der Waals surface area contributed by atoms with Crippen LogP contribution in [0.2, 0.25) is 0 Å². The van der Waals surface area contributed by atoms with Gasteiger partial charge < -0.3 is 33.8 Å². The van der Waals surface area contributed by atoms with Gasteiger partial charge in [-0.2, -0.15) is 0 Å². The lowest BCUT2D eigenvalue weighted by Gasteiger charge is -2.21. The molecule has 0 fully saturated rings. The number of hydrogen-bond acceptors (Lipinski definition) is 15. The summed E-state index contributed by atoms with van der Waals surface area (Å²) in [5.41, 5.74) is 0. The Morgan fingerprint density at radius 1 is 0.284 bits per heavy atom. The Morgan fingerprint density at radius 2 is 0.510 bits per heavy atom. The molecule has 102 heavy (non-hydrogen) atoms. The molecule has 3 N–H and O–H groups in total. The van der Waals surface area contributed by atoms with Crippen molar-refractivity contribution in [2.45, 2.75) is 380 Å². The smallest absolute Gasteiger partial charge is 0.462 e. The summed E-state index contributed by atoms with van der Waals surface area (Å²) in [6.45, 7) is 4.75. The molecule has 19 heteroatoms. The van der Waals surface area contributed by atoms with Crippen LogP contribution in [0.4, 0.5) is 0 Å². The van der Waals surface area contributed by atoms with E-state index in [0.717, 1.165) is 161 Å². The highest BCUT2D eigenvalue weighted by molar-refractivity contribution is 7.47. The molecule has 0 amide bonds. The summed E-state index contributed by atoms with van der Waals surface area (Å²) in [4.78, 5) is 73.0. The van der Waals surface area contributed by atoms with Crippen molar-refractivity contribution in [1.29, 1.82) is 0 Å². The molecule has 5 atom stereocenters. The summed E-state index contributed by atoms with van der Waals surface area (Å²) in [6.07, 6.45) is 78.4. The van der Waals surface area contributed by atoms with Crippen LogP contribution in [0.15, 0.2) is 85.1 Å². The molecule has 0 aliphatic carbocycles. The van der Waals surface area contributed by atoms with E-state index in [9.17, 15) is 43.2 Å². The molecule has 592 valence electrons. The van der Waals surface area contributed by atoms with Gasteiger partial charge in [-0.15, -0.1) is 0 Å². The Labute approximate surface area is 621 Å². The van der Waals surface area contributed by atoms with E-state index in [2.05, 4.69) is 113 Å². The minimum Gasteiger partial charge on any atom is -0.462 e. The van der Waals surface area contributed by atoms with Gasteiger partial charge in [0.15, 0.2) is 12.2 Å². The van der Waals surface area contributed by atoms with Crippen molar-refractivity contribution in [3.63, 3.8) is 0 Å². The average molecular weight is 1480 g/mol. The van der Waals surface area contributed by atoms with Gasteiger partial charge in [-0.1, -0.05) is 299 Å². The number of carbonyl (C=O) groups excluding carboxylic acids is 4. The van der Waals surface area contributed by atoms with E-state index in [4.69, 9.17) is 37.0 Å². The fourth-order valence-electron chi connectivity index (χ4n) is 11.1. The third kappa shape index (κ3) is 74.5. The van der Waals surface area contributed by atoms with Crippen molar-refractivity contribution < 1.29 is 80.2 Å². The van der Waals surface area contributed by atoms with Gasteiger partial charge >= 0.3 is 39.5 Å². The number of aliphatic hydroxyl groups excluding tert-OH is 1. The molecule has 0 saturated heterocycles. The minimum absolute atomic E-state index is 0.0557. The van der Waals surface area contributed by atoms with E-state index >= 15 is 0 Å². The van der Waals surface area contributed by atoms with Gasteiger partial charge in [-0.25, -0.2) is 9.13 Å². The van der Waals surface area contributed by atoms with Crippen LogP contribution in [-0.4, -0.2) is 96.7 Å². The van der Waals surface area contributed by atoms with Crippen molar-refractivity contribution in [3.05, 3.63) is 85.1 Å². The summed E-state index contributed by atoms with van der Waals surface area (Å²) in [6, 6.07) is 0. The van der Waals surface area contributed by atoms with E-state index in [0.29, 0.717) is 25.7 Å². The number of rotatable bonds is 77. The molecule has 0 spiro atoms. The highest BCUT2D eigenvalue weighted by Crippen LogP contribution is 2.45. The number of phosphoric acid groups is 2. The third-order valence-corrected chi connectivity index (χ3v) is 19.2. The second-order valence-electron chi connectivity index (χ2n) is 27.3. The molecule has 0 aliphatic heterocycles. The summed E-state index contributed by atoms with van der Waals surface area (Å²) in [5, 5.41) is 10.6. The second kappa shape index (κ2) is 75.5. The van der Waals surface area contributed by atoms with Gasteiger partial charge in [-0.3, -0.25) is 37.3 Å². The monoisotopic (exact) mass is 1480 g/mol. The predicted molar refractivity (Wildman–Crippen MR) is 418 cm³/mol. The van der Waals surface area contributed by atoms with Crippen LogP contribution < -0.4 is 0 Å². The lowest BCUT2D eigenvalue weighted by atomic mass is 10.0. The standard InChI is InChI=1S/C83H148O17P2/c1-5-9-13-17-21-25-29-33-36-37-38-39-42-46-50-54-58-62-66-70-83(88)100-79(74-94-81(86)68-64-60-56-52-48-44-40-34-30-26-22-18-14-10-6-2)76-98-102(91,92)96-72-77(84)71-95-101(89,90)97-75-78(73-93-80(85)67-63-59-55-51-47-43-32-28-24-20-16-12-8-4)99-82(87)69-65-61-57-53-49-45-41-35-31-27-23-19-15-11-7-3/h9,13,21,25,27,31,33-34,36,38-40,46,50,77-79,84H,5-8,10-12,14-20,22-24,26,28-30,32,35,37,41-45,47-49,51-76H2,1-4H3,(H,89,90)(H,91,92)/b13-9-,25-21-,31-27-,36-33-,39-38-,40-34-,50-46-/t77-,78+,79+/m0/s1. The zero-order valence-electron chi connectivity index (χ0n) is 64.8. The number of carbonyl (C=O) groups is 4. The SMILES string of the molecule is CC/C=C\C/C=C\C/C=C\C/C=C\C/C=C\CCCCCC(=O)O[C@H](COC(=O)CCCCCCC/C=C\CCCCCCCC)COP(=O)(O)OC[C@@H](O)COP(=O)(O)OC[C@@H](COC(=O)CCCCCCCCCCCCCCC)OC(=O)CCCCCCCCC/C=C\CCCCCC. The Morgan fingerprint density at radius 3 is 0.814 bits per heavy atom. The lowest BCUT2D eigenvalue weighted by molar-refractivity contribution is -0.161. The quantitative estimate of drug-likeness (QED) is 0.0169. The first-order valence-corrected chi connectivity index (χ1v) is 43.8. The van der Waals surface area contributed by atoms with E-state index in [-0.39, 0.29) is 25.7 Å². The topological polar surface area (TPSA) is 237 Å². The molecule has 0 bridgehead atoms. The van der Waals surface area contributed by atoms with Crippen molar-refractivity contribution in [2.24, 2.45) is 0 Å². The molecule has 0 rings (SSSR count). The molecular weight excluding hydrogens is 1330 g/mol. The molecule has 0 aliphatic rings. The van der Waals surface area contributed by atoms with Crippen molar-refractivity contribution >= 4 is 39.5 Å². The van der Waals surface area contributed by atoms with E-state index in [1.165, 1.54) is 122 Å². The van der Waals surface area contributed by atoms with Gasteiger partial charge in [0.1, 0.15) is 19.3 Å². The van der Waals surface area contributed by atoms with Crippen LogP contribution in [-0.2, 0) is 65.4 Å². The minimum atomic E-state index is -4.99. The van der Waals surface area contributed by atoms with Crippen LogP contribution in [0, 0.1) is 0 Å². The molecule has 17 nitrogen and oxygen atoms in total. The van der Waals surface area contributed by atoms with E-state index in [1.54, 1.807) is 0 Å². The second-order valence-corrected chi connectivity index (χ2v) is 30.2. The zero-order valence-corrected chi connectivity index (χ0v) is 66.6. The van der Waals surface area contributed by atoms with Gasteiger partial charge in [0.25, 0.3) is 0 Å². The number of phosphoric ester groups is 2. The summed E-state index contributed by atoms with van der Waals surface area (Å²) >= 11 is 0. The predicted octanol–water partition coefficient (Wildman–Crippen LogP) is 23.8. The van der Waals surface area contributed by atoms with Crippen molar-refractivity contribution in [1.82, 2.24) is 0 Å². The number of allylic oxidation sites excluding steroid dienone is 14. The average Bonchev–Trinajstić information content (AvgIpc) is 1.21. The number of ether oxygens (including phenoxy) is 4. The maximum Gasteiger partial charge on any atom is 0.472 e. The largest absolute Gasteiger partial charge is 0.472 e. The fourth-order valence-corrected chi connectivity index (χ4v) is 12.7. The van der Waals surface area contributed by atoms with Crippen LogP contribution in [0.25, 0.3) is 0 Å². The Balaban J connectivity index is 5.38. The summed E-state index contributed by atoms with van der Waals surface area (Å²) < 4.78 is 68.6. The van der Waals surface area contributed by atoms with Crippen LogP contribution >= 0.6 is 15.6 Å².